The van der Waals surface area contributed by atoms with Crippen molar-refractivity contribution in [2.45, 2.75) is 0 Å². The van der Waals surface area contributed by atoms with E-state index in [1.54, 1.807) is 0 Å². The molecule has 0 aliphatic carbocycles. The van der Waals surface area contributed by atoms with Crippen LogP contribution in [0.1, 0.15) is 10.4 Å². The molecule has 3 nitrogen and oxygen atoms in total. The number of aldehydes is 1. The van der Waals surface area contributed by atoms with Gasteiger partial charge in [-0.15, -0.1) is 0 Å². The summed E-state index contributed by atoms with van der Waals surface area (Å²) in [5.41, 5.74) is 2.17. The van der Waals surface area contributed by atoms with Gasteiger partial charge in [-0.05, 0) is 18.2 Å². The molecular formula is C17H10O3. The van der Waals surface area contributed by atoms with Crippen molar-refractivity contribution in [2.75, 3.05) is 0 Å². The average Bonchev–Trinajstić information content (AvgIpc) is 2.49. The van der Waals surface area contributed by atoms with Crippen LogP contribution in [0.4, 0.5) is 0 Å². The highest BCUT2D eigenvalue weighted by molar-refractivity contribution is 6.11. The highest BCUT2D eigenvalue weighted by atomic mass is 16.5. The van der Waals surface area contributed by atoms with E-state index >= 15 is 0 Å². The Labute approximate surface area is 115 Å². The lowest BCUT2D eigenvalue weighted by atomic mass is 9.90. The molecule has 96 valence electrons. The zero-order chi connectivity index (χ0) is 13.7. The van der Waals surface area contributed by atoms with E-state index in [0.29, 0.717) is 16.7 Å². The van der Waals surface area contributed by atoms with Gasteiger partial charge < -0.3 is 9.84 Å². The van der Waals surface area contributed by atoms with Crippen LogP contribution in [-0.2, 0) is 0 Å². The molecule has 0 aromatic heterocycles. The third-order valence-corrected chi connectivity index (χ3v) is 3.64. The molecule has 3 heteroatoms. The van der Waals surface area contributed by atoms with Crippen LogP contribution in [0.3, 0.4) is 0 Å². The van der Waals surface area contributed by atoms with Crippen molar-refractivity contribution in [1.29, 1.82) is 0 Å². The fraction of sp³-hybridized carbons (Fsp3) is 0. The van der Waals surface area contributed by atoms with E-state index < -0.39 is 0 Å². The number of hydrogen-bond donors (Lipinski definition) is 1. The first kappa shape index (κ1) is 11.1. The van der Waals surface area contributed by atoms with E-state index in [4.69, 9.17) is 4.74 Å². The summed E-state index contributed by atoms with van der Waals surface area (Å²) in [7, 11) is 0. The molecule has 0 fully saturated rings. The summed E-state index contributed by atoms with van der Waals surface area (Å²) in [5, 5.41) is 11.6. The SMILES string of the molecule is O=Cc1cc(O)c2cccc3c2c1-c1ccccc1O3. The second-order valence-electron chi connectivity index (χ2n) is 4.75. The number of carbonyl (C=O) groups is 1. The first-order chi connectivity index (χ1) is 9.79. The molecule has 1 N–H and O–H groups in total. The molecule has 3 aromatic rings. The number of hydrogen-bond acceptors (Lipinski definition) is 3. The molecule has 0 bridgehead atoms. The van der Waals surface area contributed by atoms with Crippen LogP contribution in [-0.4, -0.2) is 11.4 Å². The van der Waals surface area contributed by atoms with Crippen LogP contribution >= 0.6 is 0 Å². The molecule has 0 atom stereocenters. The zero-order valence-electron chi connectivity index (χ0n) is 10.5. The number of para-hydroxylation sites is 1. The minimum Gasteiger partial charge on any atom is -0.507 e. The summed E-state index contributed by atoms with van der Waals surface area (Å²) in [4.78, 5) is 11.4. The van der Waals surface area contributed by atoms with E-state index in [0.717, 1.165) is 28.5 Å². The second kappa shape index (κ2) is 3.84. The topological polar surface area (TPSA) is 46.5 Å². The summed E-state index contributed by atoms with van der Waals surface area (Å²) in [6, 6.07) is 14.6. The van der Waals surface area contributed by atoms with Gasteiger partial charge in [0.25, 0.3) is 0 Å². The van der Waals surface area contributed by atoms with Gasteiger partial charge in [-0.25, -0.2) is 0 Å². The van der Waals surface area contributed by atoms with Gasteiger partial charge >= 0.3 is 0 Å². The fourth-order valence-electron chi connectivity index (χ4n) is 2.79. The number of rotatable bonds is 1. The maximum absolute atomic E-state index is 11.4. The van der Waals surface area contributed by atoms with Gasteiger partial charge in [-0.2, -0.15) is 0 Å². The van der Waals surface area contributed by atoms with Crippen LogP contribution in [0.15, 0.2) is 48.5 Å². The molecule has 1 heterocycles. The first-order valence-corrected chi connectivity index (χ1v) is 6.30. The third-order valence-electron chi connectivity index (χ3n) is 3.64. The third kappa shape index (κ3) is 1.32. The van der Waals surface area contributed by atoms with Crippen molar-refractivity contribution in [2.24, 2.45) is 0 Å². The predicted molar refractivity (Wildman–Crippen MR) is 76.5 cm³/mol. The predicted octanol–water partition coefficient (Wildman–Crippen LogP) is 4.13. The molecule has 4 rings (SSSR count). The summed E-state index contributed by atoms with van der Waals surface area (Å²) in [6.45, 7) is 0. The Balaban J connectivity index is 2.27. The molecule has 20 heavy (non-hydrogen) atoms. The summed E-state index contributed by atoms with van der Waals surface area (Å²) >= 11 is 0. The maximum atomic E-state index is 11.4. The second-order valence-corrected chi connectivity index (χ2v) is 4.75. The van der Waals surface area contributed by atoms with Gasteiger partial charge in [0, 0.05) is 27.5 Å². The Morgan fingerprint density at radius 1 is 1.00 bits per heavy atom. The molecule has 0 unspecified atom stereocenters. The normalized spacial score (nSPS) is 11.8. The number of phenolic OH excluding ortho intramolecular Hbond substituents is 1. The smallest absolute Gasteiger partial charge is 0.150 e. The summed E-state index contributed by atoms with van der Waals surface area (Å²) < 4.78 is 5.88. The number of phenols is 1. The van der Waals surface area contributed by atoms with Crippen LogP contribution in [0.2, 0.25) is 0 Å². The molecule has 0 saturated carbocycles. The molecule has 0 radical (unpaired) electrons. The Bertz CT molecular complexity index is 865. The molecule has 1 aliphatic rings. The number of benzene rings is 3. The highest BCUT2D eigenvalue weighted by Gasteiger charge is 2.23. The van der Waals surface area contributed by atoms with Crippen molar-refractivity contribution < 1.29 is 14.6 Å². The van der Waals surface area contributed by atoms with E-state index in [1.165, 1.54) is 6.07 Å². The van der Waals surface area contributed by atoms with Gasteiger partial charge in [0.1, 0.15) is 17.2 Å². The lowest BCUT2D eigenvalue weighted by Crippen LogP contribution is -2.00. The van der Waals surface area contributed by atoms with Crippen LogP contribution in [0.25, 0.3) is 21.9 Å². The van der Waals surface area contributed by atoms with Crippen LogP contribution in [0.5, 0.6) is 17.2 Å². The lowest BCUT2D eigenvalue weighted by molar-refractivity contribution is 0.112. The minimum atomic E-state index is 0.0932. The first-order valence-electron chi connectivity index (χ1n) is 6.30. The van der Waals surface area contributed by atoms with Gasteiger partial charge in [-0.1, -0.05) is 30.3 Å². The van der Waals surface area contributed by atoms with Gasteiger partial charge in [0.15, 0.2) is 6.29 Å². The fourth-order valence-corrected chi connectivity index (χ4v) is 2.79. The average molecular weight is 262 g/mol. The highest BCUT2D eigenvalue weighted by Crippen LogP contribution is 2.49. The Morgan fingerprint density at radius 3 is 2.65 bits per heavy atom. The van der Waals surface area contributed by atoms with Crippen LogP contribution in [0, 0.1) is 0 Å². The Hall–Kier alpha value is -2.81. The van der Waals surface area contributed by atoms with Crippen molar-refractivity contribution in [1.82, 2.24) is 0 Å². The largest absolute Gasteiger partial charge is 0.507 e. The molecule has 1 aliphatic heterocycles. The maximum Gasteiger partial charge on any atom is 0.150 e. The monoisotopic (exact) mass is 262 g/mol. The minimum absolute atomic E-state index is 0.0932. The van der Waals surface area contributed by atoms with Gasteiger partial charge in [-0.3, -0.25) is 4.79 Å². The van der Waals surface area contributed by atoms with Gasteiger partial charge in [0.05, 0.1) is 0 Å². The lowest BCUT2D eigenvalue weighted by Gasteiger charge is -2.22. The molecule has 0 spiro atoms. The summed E-state index contributed by atoms with van der Waals surface area (Å²) in [6.07, 6.45) is 0.771. The number of carbonyl (C=O) groups excluding carboxylic acids is 1. The van der Waals surface area contributed by atoms with Crippen molar-refractivity contribution in [3.05, 3.63) is 54.1 Å². The zero-order valence-corrected chi connectivity index (χ0v) is 10.5. The van der Waals surface area contributed by atoms with Crippen LogP contribution < -0.4 is 4.74 Å². The Kier molecular flexibility index (Phi) is 2.12. The van der Waals surface area contributed by atoms with E-state index in [-0.39, 0.29) is 5.75 Å². The molecule has 3 aromatic carbocycles. The quantitative estimate of drug-likeness (QED) is 0.524. The van der Waals surface area contributed by atoms with Crippen molar-refractivity contribution in [3.63, 3.8) is 0 Å². The number of aromatic hydroxyl groups is 1. The molecule has 0 saturated heterocycles. The standard InChI is InChI=1S/C17H10O3/c18-9-10-8-13(19)11-5-3-7-15-17(11)16(10)12-4-1-2-6-14(12)20-15/h1-9,19H. The van der Waals surface area contributed by atoms with Crippen molar-refractivity contribution >= 4 is 17.1 Å². The van der Waals surface area contributed by atoms with Gasteiger partial charge in [0.2, 0.25) is 0 Å². The van der Waals surface area contributed by atoms with Crippen molar-refractivity contribution in [3.8, 4) is 28.4 Å². The Morgan fingerprint density at radius 2 is 1.80 bits per heavy atom. The molecular weight excluding hydrogens is 252 g/mol. The van der Waals surface area contributed by atoms with E-state index in [2.05, 4.69) is 0 Å². The number of fused-ring (bicyclic) bond motifs is 2. The van der Waals surface area contributed by atoms with E-state index in [1.807, 2.05) is 42.5 Å². The molecule has 0 amide bonds. The number of ether oxygens (including phenoxy) is 1. The summed E-state index contributed by atoms with van der Waals surface area (Å²) in [5.74, 6) is 1.48. The van der Waals surface area contributed by atoms with E-state index in [9.17, 15) is 9.90 Å².